The zero-order chi connectivity index (χ0) is 26.7. The van der Waals surface area contributed by atoms with Crippen molar-refractivity contribution in [1.29, 1.82) is 0 Å². The van der Waals surface area contributed by atoms with Gasteiger partial charge in [-0.15, -0.1) is 0 Å². The van der Waals surface area contributed by atoms with E-state index in [4.69, 9.17) is 4.74 Å². The van der Waals surface area contributed by atoms with Gasteiger partial charge in [-0.1, -0.05) is 57.4 Å². The zero-order valence-corrected chi connectivity index (χ0v) is 24.1. The Morgan fingerprint density at radius 2 is 1.67 bits per heavy atom. The number of fused-ring (bicyclic) bond motifs is 4. The summed E-state index contributed by atoms with van der Waals surface area (Å²) in [4.78, 5) is 24.3. The lowest BCUT2D eigenvalue weighted by atomic mass is 9.43. The molecule has 0 aromatic heterocycles. The highest BCUT2D eigenvalue weighted by Crippen LogP contribution is 2.72. The van der Waals surface area contributed by atoms with Crippen LogP contribution in [-0.4, -0.2) is 23.1 Å². The topological polar surface area (TPSA) is 63.6 Å². The smallest absolute Gasteiger partial charge is 0.306 e. The molecule has 7 atom stereocenters. The first-order chi connectivity index (χ1) is 16.7. The predicted octanol–water partition coefficient (Wildman–Crippen LogP) is 8.11. The van der Waals surface area contributed by atoms with Crippen molar-refractivity contribution in [1.82, 2.24) is 0 Å². The molecule has 202 valence electrons. The maximum atomic E-state index is 12.5. The lowest BCUT2D eigenvalue weighted by Gasteiger charge is -2.62. The summed E-state index contributed by atoms with van der Waals surface area (Å²) in [5, 5.41) is 10.3. The second-order valence-corrected chi connectivity index (χ2v) is 14.1. The van der Waals surface area contributed by atoms with Crippen molar-refractivity contribution in [3.05, 3.63) is 22.8 Å². The fourth-order valence-electron chi connectivity index (χ4n) is 9.81. The summed E-state index contributed by atoms with van der Waals surface area (Å²) in [6.45, 7) is 17.8. The van der Waals surface area contributed by atoms with Gasteiger partial charge in [-0.05, 0) is 106 Å². The Kier molecular flexibility index (Phi) is 7.10. The quantitative estimate of drug-likeness (QED) is 0.297. The molecule has 0 saturated heterocycles. The van der Waals surface area contributed by atoms with Crippen molar-refractivity contribution < 1.29 is 19.4 Å². The van der Waals surface area contributed by atoms with Crippen LogP contribution in [0.1, 0.15) is 120 Å². The highest BCUT2D eigenvalue weighted by Gasteiger charge is 2.64. The molecule has 4 heteroatoms. The van der Waals surface area contributed by atoms with E-state index in [1.165, 1.54) is 12.5 Å². The first-order valence-corrected chi connectivity index (χ1v) is 14.4. The first kappa shape index (κ1) is 27.5. The summed E-state index contributed by atoms with van der Waals surface area (Å²) in [6, 6.07) is 0. The van der Waals surface area contributed by atoms with Crippen LogP contribution in [-0.2, 0) is 14.3 Å². The Morgan fingerprint density at radius 1 is 0.972 bits per heavy atom. The summed E-state index contributed by atoms with van der Waals surface area (Å²) >= 11 is 0. The molecule has 0 heterocycles. The molecular formula is C32H50O4. The largest absolute Gasteiger partial charge is 0.481 e. The van der Waals surface area contributed by atoms with E-state index in [1.807, 2.05) is 0 Å². The Morgan fingerprint density at radius 3 is 2.28 bits per heavy atom. The van der Waals surface area contributed by atoms with Gasteiger partial charge in [0.15, 0.2) is 0 Å². The number of hydrogen-bond acceptors (Lipinski definition) is 3. The number of hydrogen-bond donors (Lipinski definition) is 1. The Balaban J connectivity index is 1.67. The van der Waals surface area contributed by atoms with Crippen LogP contribution in [0, 0.1) is 39.4 Å². The minimum Gasteiger partial charge on any atom is -0.481 e. The number of rotatable bonds is 6. The lowest BCUT2D eigenvalue weighted by molar-refractivity contribution is -0.167. The lowest BCUT2D eigenvalue weighted by Crippen LogP contribution is -2.56. The fraction of sp³-hybridized carbons (Fsp3) is 0.812. The number of esters is 1. The summed E-state index contributed by atoms with van der Waals surface area (Å²) < 4.78 is 5.84. The van der Waals surface area contributed by atoms with Crippen LogP contribution in [0.25, 0.3) is 0 Å². The maximum Gasteiger partial charge on any atom is 0.306 e. The number of aliphatic carboxylic acids is 1. The Labute approximate surface area is 219 Å². The molecule has 1 N–H and O–H groups in total. The number of carbonyl (C=O) groups excluding carboxylic acids is 1. The van der Waals surface area contributed by atoms with Gasteiger partial charge in [0.1, 0.15) is 6.10 Å². The average molecular weight is 499 g/mol. The minimum absolute atomic E-state index is 0.00680. The molecule has 4 aliphatic carbocycles. The van der Waals surface area contributed by atoms with Gasteiger partial charge in [0.2, 0.25) is 0 Å². The maximum absolute atomic E-state index is 12.5. The van der Waals surface area contributed by atoms with Crippen molar-refractivity contribution in [2.75, 3.05) is 0 Å². The standard InChI is InChI=1S/C32H50O4/c1-20(2)10-9-11-22(28(34)35)23-14-18-32(8)25-12-13-26-29(4,5)27(36-21(3)33)16-17-30(26,6)24(25)15-19-31(23,32)7/h10,22-23,26-27H,9,11-19H2,1-8H3,(H,34,35)/t22-,23+,26+,27+,30+,31+,32+/m0/s1. The van der Waals surface area contributed by atoms with Crippen LogP contribution < -0.4 is 0 Å². The van der Waals surface area contributed by atoms with Gasteiger partial charge >= 0.3 is 11.9 Å². The van der Waals surface area contributed by atoms with Crippen molar-refractivity contribution in [2.24, 2.45) is 39.4 Å². The van der Waals surface area contributed by atoms with Gasteiger partial charge in [0.25, 0.3) is 0 Å². The normalized spacial score (nSPS) is 39.9. The minimum atomic E-state index is -0.603. The second kappa shape index (κ2) is 9.31. The molecule has 4 nitrogen and oxygen atoms in total. The second-order valence-electron chi connectivity index (χ2n) is 14.1. The van der Waals surface area contributed by atoms with Gasteiger partial charge in [-0.3, -0.25) is 9.59 Å². The molecule has 0 aliphatic heterocycles. The Hall–Kier alpha value is -1.58. The fourth-order valence-corrected chi connectivity index (χ4v) is 9.81. The molecule has 0 spiro atoms. The number of allylic oxidation sites excluding steroid dienone is 4. The summed E-state index contributed by atoms with van der Waals surface area (Å²) in [6.07, 6.45) is 12.4. The van der Waals surface area contributed by atoms with Crippen molar-refractivity contribution in [3.8, 4) is 0 Å². The summed E-state index contributed by atoms with van der Waals surface area (Å²) in [5.41, 5.74) is 4.85. The highest BCUT2D eigenvalue weighted by molar-refractivity contribution is 5.70. The van der Waals surface area contributed by atoms with Gasteiger partial charge in [0, 0.05) is 12.3 Å². The van der Waals surface area contributed by atoms with Gasteiger partial charge < -0.3 is 9.84 Å². The van der Waals surface area contributed by atoms with Gasteiger partial charge in [-0.25, -0.2) is 0 Å². The molecular weight excluding hydrogens is 448 g/mol. The van der Waals surface area contributed by atoms with Crippen molar-refractivity contribution in [3.63, 3.8) is 0 Å². The van der Waals surface area contributed by atoms with E-state index in [9.17, 15) is 14.7 Å². The molecule has 0 amide bonds. The van der Waals surface area contributed by atoms with Gasteiger partial charge in [0.05, 0.1) is 5.92 Å². The highest BCUT2D eigenvalue weighted by atomic mass is 16.5. The first-order valence-electron chi connectivity index (χ1n) is 14.4. The molecule has 0 bridgehead atoms. The van der Waals surface area contributed by atoms with E-state index in [0.29, 0.717) is 5.92 Å². The molecule has 0 radical (unpaired) electrons. The molecule has 4 rings (SSSR count). The van der Waals surface area contributed by atoms with Crippen LogP contribution in [0.5, 0.6) is 0 Å². The van der Waals surface area contributed by atoms with Crippen LogP contribution in [0.15, 0.2) is 22.8 Å². The van der Waals surface area contributed by atoms with E-state index in [2.05, 4.69) is 54.5 Å². The SMILES string of the molecule is CC(=O)O[C@@H]1CC[C@]2(C)C3=C(CC[C@@H]2C1(C)C)[C@@]1(C)CC[C@H]([C@H](CCC=C(C)C)C(=O)O)[C@@]1(C)CC3. The molecule has 0 unspecified atom stereocenters. The zero-order valence-electron chi connectivity index (χ0n) is 24.1. The monoisotopic (exact) mass is 498 g/mol. The van der Waals surface area contributed by atoms with Crippen molar-refractivity contribution in [2.45, 2.75) is 126 Å². The predicted molar refractivity (Wildman–Crippen MR) is 144 cm³/mol. The average Bonchev–Trinajstić information content (AvgIpc) is 3.04. The van der Waals surface area contributed by atoms with Crippen molar-refractivity contribution >= 4 is 11.9 Å². The van der Waals surface area contributed by atoms with E-state index >= 15 is 0 Å². The van der Waals surface area contributed by atoms with Crippen LogP contribution in [0.2, 0.25) is 0 Å². The van der Waals surface area contributed by atoms with E-state index in [1.54, 1.807) is 11.1 Å². The molecule has 36 heavy (non-hydrogen) atoms. The molecule has 0 aromatic carbocycles. The number of carboxylic acids is 1. The van der Waals surface area contributed by atoms with E-state index in [0.717, 1.165) is 64.2 Å². The van der Waals surface area contributed by atoms with Gasteiger partial charge in [-0.2, -0.15) is 0 Å². The number of carbonyl (C=O) groups is 2. The van der Waals surface area contributed by atoms with E-state index < -0.39 is 5.97 Å². The molecule has 4 aliphatic rings. The van der Waals surface area contributed by atoms with Crippen LogP contribution in [0.3, 0.4) is 0 Å². The Bertz CT molecular complexity index is 969. The summed E-state index contributed by atoms with van der Waals surface area (Å²) in [7, 11) is 0. The molecule has 2 saturated carbocycles. The molecule has 0 aromatic rings. The summed E-state index contributed by atoms with van der Waals surface area (Å²) in [5.74, 6) is -0.291. The number of carboxylic acid groups (broad SMARTS) is 1. The number of ether oxygens (including phenoxy) is 1. The third kappa shape index (κ3) is 4.09. The third-order valence-corrected chi connectivity index (χ3v) is 11.9. The third-order valence-electron chi connectivity index (χ3n) is 11.9. The van der Waals surface area contributed by atoms with Crippen LogP contribution in [0.4, 0.5) is 0 Å². The molecule has 2 fully saturated rings. The van der Waals surface area contributed by atoms with Crippen LogP contribution >= 0.6 is 0 Å². The van der Waals surface area contributed by atoms with E-state index in [-0.39, 0.29) is 45.6 Å².